The number of halogens is 1. The lowest BCUT2D eigenvalue weighted by atomic mass is 9.89. The number of thiazole rings is 1. The quantitative estimate of drug-likeness (QED) is 0.485. The van der Waals surface area contributed by atoms with Gasteiger partial charge in [-0.3, -0.25) is 0 Å². The highest BCUT2D eigenvalue weighted by molar-refractivity contribution is 7.98. The van der Waals surface area contributed by atoms with Gasteiger partial charge in [-0.1, -0.05) is 60.8 Å². The van der Waals surface area contributed by atoms with E-state index in [0.29, 0.717) is 16.9 Å². The Morgan fingerprint density at radius 1 is 1.16 bits per heavy atom. The largest absolute Gasteiger partial charge is 0.416 e. The van der Waals surface area contributed by atoms with Crippen molar-refractivity contribution in [2.75, 3.05) is 0 Å². The molecule has 0 N–H and O–H groups in total. The van der Waals surface area contributed by atoms with Crippen LogP contribution in [-0.4, -0.2) is 15.2 Å². The van der Waals surface area contributed by atoms with Gasteiger partial charge >= 0.3 is 0 Å². The van der Waals surface area contributed by atoms with E-state index in [1.807, 2.05) is 24.3 Å². The van der Waals surface area contributed by atoms with E-state index in [4.69, 9.17) is 16.0 Å². The van der Waals surface area contributed by atoms with Crippen LogP contribution in [-0.2, 0) is 5.75 Å². The monoisotopic (exact) mass is 391 g/mol. The molecule has 1 aromatic carbocycles. The number of thioether (sulfide) groups is 1. The SMILES string of the molecule is Clc1ccccc1-c1nc(CSc2nnc(C3CCCCC3)o2)cs1. The van der Waals surface area contributed by atoms with Gasteiger partial charge in [0.1, 0.15) is 5.01 Å². The van der Waals surface area contributed by atoms with Gasteiger partial charge in [0.2, 0.25) is 5.89 Å². The summed E-state index contributed by atoms with van der Waals surface area (Å²) in [4.78, 5) is 4.68. The molecule has 130 valence electrons. The van der Waals surface area contributed by atoms with Gasteiger partial charge in [0, 0.05) is 22.6 Å². The molecule has 3 aromatic rings. The van der Waals surface area contributed by atoms with Crippen molar-refractivity contribution in [2.45, 2.75) is 49.0 Å². The number of hydrogen-bond acceptors (Lipinski definition) is 6. The molecule has 4 nitrogen and oxygen atoms in total. The van der Waals surface area contributed by atoms with Crippen molar-refractivity contribution in [1.29, 1.82) is 0 Å². The predicted molar refractivity (Wildman–Crippen MR) is 102 cm³/mol. The fourth-order valence-corrected chi connectivity index (χ4v) is 4.97. The normalized spacial score (nSPS) is 15.6. The second-order valence-corrected chi connectivity index (χ2v) is 8.35. The van der Waals surface area contributed by atoms with Crippen LogP contribution < -0.4 is 0 Å². The molecule has 0 spiro atoms. The third-order valence-electron chi connectivity index (χ3n) is 4.38. The lowest BCUT2D eigenvalue weighted by molar-refractivity contribution is 0.334. The first-order chi connectivity index (χ1) is 12.3. The number of aromatic nitrogens is 3. The topological polar surface area (TPSA) is 51.8 Å². The second kappa shape index (κ2) is 7.89. The summed E-state index contributed by atoms with van der Waals surface area (Å²) in [7, 11) is 0. The Labute approximate surface area is 160 Å². The van der Waals surface area contributed by atoms with Crippen molar-refractivity contribution in [1.82, 2.24) is 15.2 Å². The lowest BCUT2D eigenvalue weighted by Crippen LogP contribution is -2.04. The van der Waals surface area contributed by atoms with E-state index in [2.05, 4.69) is 20.6 Å². The first kappa shape index (κ1) is 17.1. The summed E-state index contributed by atoms with van der Waals surface area (Å²) in [6, 6.07) is 7.78. The molecule has 2 heterocycles. The molecule has 1 fully saturated rings. The maximum atomic E-state index is 6.25. The molecule has 1 saturated carbocycles. The van der Waals surface area contributed by atoms with Crippen LogP contribution >= 0.6 is 34.7 Å². The Hall–Kier alpha value is -1.37. The first-order valence-corrected chi connectivity index (χ1v) is 10.7. The molecule has 4 rings (SSSR count). The maximum absolute atomic E-state index is 6.25. The average molecular weight is 392 g/mol. The van der Waals surface area contributed by atoms with Crippen molar-refractivity contribution in [3.63, 3.8) is 0 Å². The minimum atomic E-state index is 0.446. The number of rotatable bonds is 5. The predicted octanol–water partition coefficient (Wildman–Crippen LogP) is 6.19. The van der Waals surface area contributed by atoms with Gasteiger partial charge in [-0.15, -0.1) is 21.5 Å². The van der Waals surface area contributed by atoms with Gasteiger partial charge in [-0.05, 0) is 18.9 Å². The number of nitrogens with zero attached hydrogens (tertiary/aromatic N) is 3. The van der Waals surface area contributed by atoms with Crippen LogP contribution in [0.15, 0.2) is 39.3 Å². The van der Waals surface area contributed by atoms with Crippen LogP contribution in [0.5, 0.6) is 0 Å². The van der Waals surface area contributed by atoms with Crippen molar-refractivity contribution < 1.29 is 4.42 Å². The Bertz CT molecular complexity index is 842. The summed E-state index contributed by atoms with van der Waals surface area (Å²) >= 11 is 9.39. The van der Waals surface area contributed by atoms with Gasteiger partial charge < -0.3 is 4.42 Å². The molecule has 0 saturated heterocycles. The van der Waals surface area contributed by atoms with Crippen molar-refractivity contribution in [3.05, 3.63) is 46.3 Å². The van der Waals surface area contributed by atoms with Crippen molar-refractivity contribution in [2.24, 2.45) is 0 Å². The molecule has 0 unspecified atom stereocenters. The minimum absolute atomic E-state index is 0.446. The zero-order valence-electron chi connectivity index (χ0n) is 13.7. The Morgan fingerprint density at radius 2 is 2.00 bits per heavy atom. The van der Waals surface area contributed by atoms with Crippen LogP contribution in [0.2, 0.25) is 5.02 Å². The molecule has 25 heavy (non-hydrogen) atoms. The second-order valence-electron chi connectivity index (χ2n) is 6.15. The maximum Gasteiger partial charge on any atom is 0.276 e. The molecule has 1 aliphatic rings. The van der Waals surface area contributed by atoms with E-state index >= 15 is 0 Å². The van der Waals surface area contributed by atoms with Crippen LogP contribution in [0.1, 0.15) is 49.6 Å². The van der Waals surface area contributed by atoms with Crippen molar-refractivity contribution in [3.8, 4) is 10.6 Å². The van der Waals surface area contributed by atoms with E-state index in [0.717, 1.165) is 27.2 Å². The zero-order valence-corrected chi connectivity index (χ0v) is 16.0. The summed E-state index contributed by atoms with van der Waals surface area (Å²) in [5.74, 6) is 1.96. The molecule has 1 aliphatic carbocycles. The molecule has 0 amide bonds. The molecule has 0 atom stereocenters. The summed E-state index contributed by atoms with van der Waals surface area (Å²) in [5, 5.41) is 12.8. The molecular formula is C18H18ClN3OS2. The van der Waals surface area contributed by atoms with E-state index in [-0.39, 0.29) is 0 Å². The number of hydrogen-bond donors (Lipinski definition) is 0. The highest BCUT2D eigenvalue weighted by Crippen LogP contribution is 2.34. The fraction of sp³-hybridized carbons (Fsp3) is 0.389. The number of benzene rings is 1. The van der Waals surface area contributed by atoms with Gasteiger partial charge in [0.15, 0.2) is 0 Å². The molecule has 0 aliphatic heterocycles. The smallest absolute Gasteiger partial charge is 0.276 e. The summed E-state index contributed by atoms with van der Waals surface area (Å²) < 4.78 is 5.85. The first-order valence-electron chi connectivity index (χ1n) is 8.45. The van der Waals surface area contributed by atoms with Gasteiger partial charge in [0.05, 0.1) is 10.7 Å². The molecule has 2 aromatic heterocycles. The highest BCUT2D eigenvalue weighted by atomic mass is 35.5. The highest BCUT2D eigenvalue weighted by Gasteiger charge is 2.21. The third-order valence-corrected chi connectivity index (χ3v) is 6.48. The van der Waals surface area contributed by atoms with Crippen LogP contribution in [0, 0.1) is 0 Å². The summed E-state index contributed by atoms with van der Waals surface area (Å²) in [6.45, 7) is 0. The van der Waals surface area contributed by atoms with Crippen LogP contribution in [0.4, 0.5) is 0 Å². The Balaban J connectivity index is 1.39. The van der Waals surface area contributed by atoms with E-state index in [1.54, 1.807) is 23.1 Å². The minimum Gasteiger partial charge on any atom is -0.416 e. The van der Waals surface area contributed by atoms with Crippen molar-refractivity contribution >= 4 is 34.7 Å². The van der Waals surface area contributed by atoms with E-state index < -0.39 is 0 Å². The Kier molecular flexibility index (Phi) is 5.39. The van der Waals surface area contributed by atoms with Gasteiger partial charge in [0.25, 0.3) is 5.22 Å². The molecule has 7 heteroatoms. The standard InChI is InChI=1S/C18H18ClN3OS2/c19-15-9-5-4-8-14(15)17-20-13(10-24-17)11-25-18-22-21-16(23-18)12-6-2-1-3-7-12/h4-5,8-10,12H,1-3,6-7,11H2. The van der Waals surface area contributed by atoms with Crippen LogP contribution in [0.3, 0.4) is 0 Å². The summed E-state index contributed by atoms with van der Waals surface area (Å²) in [6.07, 6.45) is 6.18. The van der Waals surface area contributed by atoms with E-state index in [9.17, 15) is 0 Å². The average Bonchev–Trinajstić information content (AvgIpc) is 3.31. The zero-order chi connectivity index (χ0) is 17.1. The van der Waals surface area contributed by atoms with Gasteiger partial charge in [-0.25, -0.2) is 4.98 Å². The van der Waals surface area contributed by atoms with Gasteiger partial charge in [-0.2, -0.15) is 0 Å². The van der Waals surface area contributed by atoms with Crippen LogP contribution in [0.25, 0.3) is 10.6 Å². The molecule has 0 bridgehead atoms. The molecule has 0 radical (unpaired) electrons. The fourth-order valence-electron chi connectivity index (χ4n) is 3.06. The third kappa shape index (κ3) is 4.07. The lowest BCUT2D eigenvalue weighted by Gasteiger charge is -2.17. The summed E-state index contributed by atoms with van der Waals surface area (Å²) in [5.41, 5.74) is 1.98. The van der Waals surface area contributed by atoms with E-state index in [1.165, 1.54) is 32.1 Å². The Morgan fingerprint density at radius 3 is 2.84 bits per heavy atom. The molecular weight excluding hydrogens is 374 g/mol.